The predicted octanol–water partition coefficient (Wildman–Crippen LogP) is 3.07. The maximum absolute atomic E-state index is 11.6. The lowest BCUT2D eigenvalue weighted by Crippen LogP contribution is -2.33. The molecule has 1 amide bonds. The molecule has 1 rings (SSSR count). The Morgan fingerprint density at radius 3 is 2.79 bits per heavy atom. The number of aryl methyl sites for hydroxylation is 1. The summed E-state index contributed by atoms with van der Waals surface area (Å²) in [6.07, 6.45) is 0. The topological polar surface area (TPSA) is 29.1 Å². The summed E-state index contributed by atoms with van der Waals surface area (Å²) in [5, 5.41) is 5.16. The highest BCUT2D eigenvalue weighted by molar-refractivity contribution is 7.13. The summed E-state index contributed by atoms with van der Waals surface area (Å²) in [6, 6.07) is -0.0392. The number of rotatable bonds is 3. The number of alkyl halides is 1. The molecule has 1 N–H and O–H groups in total. The minimum absolute atomic E-state index is 0.0392. The van der Waals surface area contributed by atoms with Crippen molar-refractivity contribution in [1.29, 1.82) is 0 Å². The Kier molecular flexibility index (Phi) is 4.23. The van der Waals surface area contributed by atoms with Crippen LogP contribution in [0.1, 0.15) is 22.2 Å². The summed E-state index contributed by atoms with van der Waals surface area (Å²) < 4.78 is 0. The van der Waals surface area contributed by atoms with E-state index in [0.717, 1.165) is 5.56 Å². The van der Waals surface area contributed by atoms with Crippen LogP contribution in [0.15, 0.2) is 5.38 Å². The van der Waals surface area contributed by atoms with Crippen molar-refractivity contribution in [2.24, 2.45) is 0 Å². The highest BCUT2D eigenvalue weighted by Gasteiger charge is 2.15. The van der Waals surface area contributed by atoms with Crippen LogP contribution in [0.25, 0.3) is 0 Å². The molecular formula is C9H11Cl2NOS. The molecule has 1 unspecified atom stereocenters. The number of hydrogen-bond donors (Lipinski definition) is 1. The SMILES string of the molecule is Cc1csc(C(=O)NC(C)CCl)c1Cl. The van der Waals surface area contributed by atoms with Gasteiger partial charge >= 0.3 is 0 Å². The van der Waals surface area contributed by atoms with Gasteiger partial charge in [-0.3, -0.25) is 4.79 Å². The molecule has 0 aliphatic heterocycles. The summed E-state index contributed by atoms with van der Waals surface area (Å²) in [7, 11) is 0. The molecule has 0 aliphatic rings. The smallest absolute Gasteiger partial charge is 0.263 e. The van der Waals surface area contributed by atoms with Crippen molar-refractivity contribution in [3.8, 4) is 0 Å². The zero-order chi connectivity index (χ0) is 10.7. The lowest BCUT2D eigenvalue weighted by atomic mass is 10.3. The van der Waals surface area contributed by atoms with Crippen LogP contribution in [-0.2, 0) is 0 Å². The van der Waals surface area contributed by atoms with E-state index in [9.17, 15) is 4.79 Å². The van der Waals surface area contributed by atoms with Gasteiger partial charge in [0.05, 0.1) is 5.02 Å². The predicted molar refractivity (Wildman–Crippen MR) is 61.7 cm³/mol. The third-order valence-corrected chi connectivity index (χ3v) is 3.87. The van der Waals surface area contributed by atoms with E-state index in [1.165, 1.54) is 11.3 Å². The van der Waals surface area contributed by atoms with Crippen LogP contribution in [0.3, 0.4) is 0 Å². The van der Waals surface area contributed by atoms with Crippen molar-refractivity contribution in [3.05, 3.63) is 20.8 Å². The Morgan fingerprint density at radius 1 is 1.71 bits per heavy atom. The second kappa shape index (κ2) is 5.01. The highest BCUT2D eigenvalue weighted by Crippen LogP contribution is 2.26. The van der Waals surface area contributed by atoms with E-state index in [1.54, 1.807) is 0 Å². The Bertz CT molecular complexity index is 338. The number of carbonyl (C=O) groups excluding carboxylic acids is 1. The Morgan fingerprint density at radius 2 is 2.36 bits per heavy atom. The Labute approximate surface area is 97.2 Å². The van der Waals surface area contributed by atoms with Crippen LogP contribution in [0.2, 0.25) is 5.02 Å². The summed E-state index contributed by atoms with van der Waals surface area (Å²) >= 11 is 12.9. The largest absolute Gasteiger partial charge is 0.348 e. The first-order chi connectivity index (χ1) is 6.56. The number of thiophene rings is 1. The molecule has 0 aliphatic carbocycles. The van der Waals surface area contributed by atoms with Gasteiger partial charge in [-0.25, -0.2) is 0 Å². The molecule has 2 nitrogen and oxygen atoms in total. The molecule has 1 heterocycles. The van der Waals surface area contributed by atoms with Crippen molar-refractivity contribution >= 4 is 40.4 Å². The monoisotopic (exact) mass is 251 g/mol. The average Bonchev–Trinajstić information content (AvgIpc) is 2.47. The lowest BCUT2D eigenvalue weighted by Gasteiger charge is -2.09. The van der Waals surface area contributed by atoms with Crippen LogP contribution in [-0.4, -0.2) is 17.8 Å². The maximum Gasteiger partial charge on any atom is 0.263 e. The van der Waals surface area contributed by atoms with E-state index in [-0.39, 0.29) is 11.9 Å². The molecular weight excluding hydrogens is 241 g/mol. The van der Waals surface area contributed by atoms with Crippen molar-refractivity contribution in [2.45, 2.75) is 19.9 Å². The van der Waals surface area contributed by atoms with E-state index in [0.29, 0.717) is 15.8 Å². The molecule has 0 bridgehead atoms. The fraction of sp³-hybridized carbons (Fsp3) is 0.444. The standard InChI is InChI=1S/C9H11Cl2NOS/c1-5-4-14-8(7(5)11)9(13)12-6(2)3-10/h4,6H,3H2,1-2H3,(H,12,13). The van der Waals surface area contributed by atoms with Gasteiger partial charge in [0.15, 0.2) is 0 Å². The minimum Gasteiger partial charge on any atom is -0.348 e. The first-order valence-electron chi connectivity index (χ1n) is 4.16. The zero-order valence-corrected chi connectivity index (χ0v) is 10.3. The molecule has 0 spiro atoms. The minimum atomic E-state index is -0.152. The van der Waals surface area contributed by atoms with E-state index in [1.807, 2.05) is 19.2 Å². The fourth-order valence-electron chi connectivity index (χ4n) is 0.911. The molecule has 1 aromatic heterocycles. The van der Waals surface area contributed by atoms with Crippen LogP contribution >= 0.6 is 34.5 Å². The highest BCUT2D eigenvalue weighted by atomic mass is 35.5. The molecule has 0 saturated heterocycles. The van der Waals surface area contributed by atoms with Crippen molar-refractivity contribution in [2.75, 3.05) is 5.88 Å². The van der Waals surface area contributed by atoms with Crippen molar-refractivity contribution < 1.29 is 4.79 Å². The molecule has 1 atom stereocenters. The Hall–Kier alpha value is -0.250. The van der Waals surface area contributed by atoms with Gasteiger partial charge in [0.1, 0.15) is 4.88 Å². The van der Waals surface area contributed by atoms with Crippen LogP contribution < -0.4 is 5.32 Å². The lowest BCUT2D eigenvalue weighted by molar-refractivity contribution is 0.0947. The molecule has 0 fully saturated rings. The van der Waals surface area contributed by atoms with Gasteiger partial charge in [0, 0.05) is 11.9 Å². The summed E-state index contributed by atoms with van der Waals surface area (Å²) in [4.78, 5) is 12.2. The third kappa shape index (κ3) is 2.62. The second-order valence-electron chi connectivity index (χ2n) is 3.09. The number of amides is 1. The van der Waals surface area contributed by atoms with E-state index < -0.39 is 0 Å². The van der Waals surface area contributed by atoms with Gasteiger partial charge < -0.3 is 5.32 Å². The van der Waals surface area contributed by atoms with E-state index in [2.05, 4.69) is 5.32 Å². The number of hydrogen-bond acceptors (Lipinski definition) is 2. The molecule has 0 saturated carbocycles. The van der Waals surface area contributed by atoms with Crippen molar-refractivity contribution in [1.82, 2.24) is 5.32 Å². The van der Waals surface area contributed by atoms with Crippen molar-refractivity contribution in [3.63, 3.8) is 0 Å². The first kappa shape index (κ1) is 11.8. The van der Waals surface area contributed by atoms with Gasteiger partial charge in [-0.1, -0.05) is 11.6 Å². The molecule has 0 radical (unpaired) electrons. The second-order valence-corrected chi connectivity index (χ2v) is 4.66. The maximum atomic E-state index is 11.6. The number of carbonyl (C=O) groups is 1. The summed E-state index contributed by atoms with van der Waals surface area (Å²) in [6.45, 7) is 3.72. The van der Waals surface area contributed by atoms with Crippen LogP contribution in [0.4, 0.5) is 0 Å². The summed E-state index contributed by atoms with van der Waals surface area (Å²) in [5.41, 5.74) is 0.931. The normalized spacial score (nSPS) is 12.6. The van der Waals surface area contributed by atoms with E-state index in [4.69, 9.17) is 23.2 Å². The third-order valence-electron chi connectivity index (χ3n) is 1.71. The number of nitrogens with one attached hydrogen (secondary N) is 1. The molecule has 5 heteroatoms. The first-order valence-corrected chi connectivity index (χ1v) is 5.96. The fourth-order valence-corrected chi connectivity index (χ4v) is 2.17. The van der Waals surface area contributed by atoms with Gasteiger partial charge in [0.25, 0.3) is 5.91 Å². The molecule has 1 aromatic rings. The van der Waals surface area contributed by atoms with Gasteiger partial charge in [-0.15, -0.1) is 22.9 Å². The molecule has 78 valence electrons. The van der Waals surface area contributed by atoms with Gasteiger partial charge in [-0.05, 0) is 24.8 Å². The quantitative estimate of drug-likeness (QED) is 0.823. The van der Waals surface area contributed by atoms with Crippen LogP contribution in [0, 0.1) is 6.92 Å². The molecule has 14 heavy (non-hydrogen) atoms. The average molecular weight is 252 g/mol. The van der Waals surface area contributed by atoms with Gasteiger partial charge in [0.2, 0.25) is 0 Å². The van der Waals surface area contributed by atoms with Crippen LogP contribution in [0.5, 0.6) is 0 Å². The van der Waals surface area contributed by atoms with Gasteiger partial charge in [-0.2, -0.15) is 0 Å². The zero-order valence-electron chi connectivity index (χ0n) is 7.93. The Balaban J connectivity index is 2.75. The number of halogens is 2. The van der Waals surface area contributed by atoms with E-state index >= 15 is 0 Å². The molecule has 0 aromatic carbocycles. The summed E-state index contributed by atoms with van der Waals surface area (Å²) in [5.74, 6) is 0.245.